The molecule has 0 aromatic heterocycles. The Hall–Kier alpha value is -1.92. The fraction of sp³-hybridized carbons (Fsp3) is 0.654. The predicted molar refractivity (Wildman–Crippen MR) is 131 cm³/mol. The Morgan fingerprint density at radius 3 is 2.21 bits per heavy atom. The number of rotatable bonds is 7. The first kappa shape index (κ1) is 27.3. The summed E-state index contributed by atoms with van der Waals surface area (Å²) in [4.78, 5) is 40.9. The van der Waals surface area contributed by atoms with Crippen LogP contribution in [0.1, 0.15) is 79.2 Å². The van der Waals surface area contributed by atoms with E-state index in [0.717, 1.165) is 5.56 Å². The lowest BCUT2D eigenvalue weighted by Gasteiger charge is -2.36. The third-order valence-corrected chi connectivity index (χ3v) is 6.24. The molecule has 184 valence electrons. The number of nitrogens with one attached hydrogen (secondary N) is 1. The van der Waals surface area contributed by atoms with Crippen LogP contribution in [0.3, 0.4) is 0 Å². The molecular formula is C26H39ClN2O4. The summed E-state index contributed by atoms with van der Waals surface area (Å²) in [5.74, 6) is -0.654. The summed E-state index contributed by atoms with van der Waals surface area (Å²) in [6, 6.07) is 5.89. The number of amides is 2. The molecule has 1 fully saturated rings. The molecule has 33 heavy (non-hydrogen) atoms. The zero-order chi connectivity index (χ0) is 25.1. The number of aliphatic hydroxyl groups is 1. The summed E-state index contributed by atoms with van der Waals surface area (Å²) >= 11 is 5.96. The SMILES string of the molecule is CC(CC(=O)C1CC(O)CN1C(=O)C(NC(=O)CC(C)(C)C)C(C)(C)C)c1ccc(Cl)cc1. The van der Waals surface area contributed by atoms with Gasteiger partial charge in [0.15, 0.2) is 5.78 Å². The number of aliphatic hydroxyl groups excluding tert-OH is 1. The van der Waals surface area contributed by atoms with E-state index in [4.69, 9.17) is 11.6 Å². The molecule has 1 saturated heterocycles. The van der Waals surface area contributed by atoms with E-state index in [-0.39, 0.29) is 54.7 Å². The van der Waals surface area contributed by atoms with Crippen molar-refractivity contribution in [1.82, 2.24) is 10.2 Å². The molecule has 0 saturated carbocycles. The average molecular weight is 479 g/mol. The monoisotopic (exact) mass is 478 g/mol. The molecule has 1 aromatic rings. The molecule has 6 nitrogen and oxygen atoms in total. The van der Waals surface area contributed by atoms with Crippen molar-refractivity contribution in [2.75, 3.05) is 6.54 Å². The van der Waals surface area contributed by atoms with E-state index < -0.39 is 23.6 Å². The average Bonchev–Trinajstić information content (AvgIpc) is 3.05. The summed E-state index contributed by atoms with van der Waals surface area (Å²) < 4.78 is 0. The fourth-order valence-electron chi connectivity index (χ4n) is 4.22. The zero-order valence-corrected chi connectivity index (χ0v) is 21.7. The molecule has 1 heterocycles. The second-order valence-electron chi connectivity index (χ2n) is 11.6. The second-order valence-corrected chi connectivity index (χ2v) is 12.1. The third kappa shape index (κ3) is 7.82. The highest BCUT2D eigenvalue weighted by atomic mass is 35.5. The van der Waals surface area contributed by atoms with Crippen molar-refractivity contribution >= 4 is 29.2 Å². The highest BCUT2D eigenvalue weighted by Crippen LogP contribution is 2.30. The van der Waals surface area contributed by atoms with E-state index in [0.29, 0.717) is 5.02 Å². The molecule has 2 rings (SSSR count). The van der Waals surface area contributed by atoms with Crippen molar-refractivity contribution in [3.05, 3.63) is 34.9 Å². The van der Waals surface area contributed by atoms with Gasteiger partial charge in [-0.3, -0.25) is 14.4 Å². The number of β-amino-alcohol motifs (C(OH)–C–C–N with tert-alkyl or cyclic N) is 1. The normalized spacial score (nSPS) is 20.9. The number of likely N-dealkylation sites (tertiary alicyclic amines) is 1. The van der Waals surface area contributed by atoms with Gasteiger partial charge in [-0.05, 0) is 34.4 Å². The molecule has 2 amide bonds. The minimum Gasteiger partial charge on any atom is -0.391 e. The van der Waals surface area contributed by atoms with Crippen molar-refractivity contribution in [3.8, 4) is 0 Å². The second kappa shape index (κ2) is 10.6. The lowest BCUT2D eigenvalue weighted by Crippen LogP contribution is -2.57. The number of nitrogens with zero attached hydrogens (tertiary/aromatic N) is 1. The summed E-state index contributed by atoms with van der Waals surface area (Å²) in [5, 5.41) is 13.9. The molecule has 0 spiro atoms. The summed E-state index contributed by atoms with van der Waals surface area (Å²) in [7, 11) is 0. The fourth-order valence-corrected chi connectivity index (χ4v) is 4.34. The van der Waals surface area contributed by atoms with Gasteiger partial charge in [0.2, 0.25) is 11.8 Å². The van der Waals surface area contributed by atoms with Crippen molar-refractivity contribution in [2.45, 2.75) is 91.8 Å². The van der Waals surface area contributed by atoms with E-state index in [1.807, 2.05) is 60.6 Å². The zero-order valence-electron chi connectivity index (χ0n) is 20.9. The molecular weight excluding hydrogens is 440 g/mol. The van der Waals surface area contributed by atoms with Crippen LogP contribution < -0.4 is 5.32 Å². The molecule has 0 aliphatic carbocycles. The van der Waals surface area contributed by atoms with Crippen molar-refractivity contribution in [2.24, 2.45) is 10.8 Å². The first-order chi connectivity index (χ1) is 15.1. The lowest BCUT2D eigenvalue weighted by molar-refractivity contribution is -0.143. The summed E-state index contributed by atoms with van der Waals surface area (Å²) in [6.45, 7) is 13.6. The number of carbonyl (C=O) groups excluding carboxylic acids is 3. The predicted octanol–water partition coefficient (Wildman–Crippen LogP) is 4.33. The van der Waals surface area contributed by atoms with Crippen molar-refractivity contribution < 1.29 is 19.5 Å². The maximum absolute atomic E-state index is 13.6. The molecule has 4 unspecified atom stereocenters. The van der Waals surface area contributed by atoms with Gasteiger partial charge in [-0.15, -0.1) is 0 Å². The van der Waals surface area contributed by atoms with Gasteiger partial charge < -0.3 is 15.3 Å². The van der Waals surface area contributed by atoms with Crippen LogP contribution >= 0.6 is 11.6 Å². The van der Waals surface area contributed by atoms with Crippen LogP contribution in [0.2, 0.25) is 5.02 Å². The van der Waals surface area contributed by atoms with E-state index in [1.165, 1.54) is 4.90 Å². The van der Waals surface area contributed by atoms with Crippen molar-refractivity contribution in [3.63, 3.8) is 0 Å². The number of hydrogen-bond acceptors (Lipinski definition) is 4. The highest BCUT2D eigenvalue weighted by Gasteiger charge is 2.44. The molecule has 0 radical (unpaired) electrons. The van der Waals surface area contributed by atoms with Crippen LogP contribution in [0.15, 0.2) is 24.3 Å². The number of halogens is 1. The van der Waals surface area contributed by atoms with Crippen LogP contribution in [0.4, 0.5) is 0 Å². The Bertz CT molecular complexity index is 855. The molecule has 1 aliphatic heterocycles. The molecule has 2 N–H and O–H groups in total. The standard InChI is InChI=1S/C26H39ClN2O4/c1-16(17-8-10-18(27)11-9-17)12-21(31)20-13-19(30)15-29(20)24(33)23(26(5,6)7)28-22(32)14-25(2,3)4/h8-11,16,19-20,23,30H,12-15H2,1-7H3,(H,28,32). The van der Waals surface area contributed by atoms with Gasteiger partial charge in [-0.2, -0.15) is 0 Å². The first-order valence-electron chi connectivity index (χ1n) is 11.6. The quantitative estimate of drug-likeness (QED) is 0.610. The van der Waals surface area contributed by atoms with E-state index in [1.54, 1.807) is 12.1 Å². The Labute approximate surface area is 203 Å². The third-order valence-electron chi connectivity index (χ3n) is 5.99. The summed E-state index contributed by atoms with van der Waals surface area (Å²) in [5.41, 5.74) is 0.226. The van der Waals surface area contributed by atoms with Gasteiger partial charge in [0, 0.05) is 30.8 Å². The maximum Gasteiger partial charge on any atom is 0.246 e. The number of carbonyl (C=O) groups is 3. The Balaban J connectivity index is 2.18. The molecule has 7 heteroatoms. The van der Waals surface area contributed by atoms with Crippen LogP contribution in [0.5, 0.6) is 0 Å². The Morgan fingerprint density at radius 1 is 1.12 bits per heavy atom. The highest BCUT2D eigenvalue weighted by molar-refractivity contribution is 6.30. The Morgan fingerprint density at radius 2 is 1.70 bits per heavy atom. The number of Topliss-reactive ketones (excluding diaryl/α,β-unsaturated/α-hetero) is 1. The van der Waals surface area contributed by atoms with Gasteiger partial charge >= 0.3 is 0 Å². The van der Waals surface area contributed by atoms with Crippen LogP contribution in [0, 0.1) is 10.8 Å². The molecule has 0 bridgehead atoms. The van der Waals surface area contributed by atoms with Crippen LogP contribution in [0.25, 0.3) is 0 Å². The van der Waals surface area contributed by atoms with E-state index >= 15 is 0 Å². The van der Waals surface area contributed by atoms with Gasteiger partial charge in [-0.1, -0.05) is 72.2 Å². The molecule has 1 aromatic carbocycles. The van der Waals surface area contributed by atoms with Crippen molar-refractivity contribution in [1.29, 1.82) is 0 Å². The largest absolute Gasteiger partial charge is 0.391 e. The van der Waals surface area contributed by atoms with Gasteiger partial charge in [-0.25, -0.2) is 0 Å². The number of hydrogen-bond donors (Lipinski definition) is 2. The smallest absolute Gasteiger partial charge is 0.246 e. The number of benzene rings is 1. The topological polar surface area (TPSA) is 86.7 Å². The van der Waals surface area contributed by atoms with Gasteiger partial charge in [0.25, 0.3) is 0 Å². The molecule has 1 aliphatic rings. The number of ketones is 1. The van der Waals surface area contributed by atoms with Crippen LogP contribution in [-0.2, 0) is 14.4 Å². The Kier molecular flexibility index (Phi) is 8.74. The lowest BCUT2D eigenvalue weighted by atomic mass is 9.84. The van der Waals surface area contributed by atoms with E-state index in [9.17, 15) is 19.5 Å². The van der Waals surface area contributed by atoms with Crippen LogP contribution in [-0.4, -0.2) is 52.3 Å². The van der Waals surface area contributed by atoms with Gasteiger partial charge in [0.1, 0.15) is 6.04 Å². The van der Waals surface area contributed by atoms with E-state index in [2.05, 4.69) is 5.32 Å². The van der Waals surface area contributed by atoms with Gasteiger partial charge in [0.05, 0.1) is 12.1 Å². The minimum absolute atomic E-state index is 0.0469. The first-order valence-corrected chi connectivity index (χ1v) is 12.0. The minimum atomic E-state index is -0.790. The molecule has 4 atom stereocenters. The summed E-state index contributed by atoms with van der Waals surface area (Å²) in [6.07, 6.45) is -0.0137. The maximum atomic E-state index is 13.6.